The van der Waals surface area contributed by atoms with Crippen LogP contribution in [-0.2, 0) is 0 Å². The minimum atomic E-state index is -0.727. The predicted octanol–water partition coefficient (Wildman–Crippen LogP) is 1.86. The van der Waals surface area contributed by atoms with Crippen LogP contribution in [0, 0.1) is 11.6 Å². The van der Waals surface area contributed by atoms with Crippen LogP contribution in [-0.4, -0.2) is 13.2 Å². The first-order valence-corrected chi connectivity index (χ1v) is 4.08. The van der Waals surface area contributed by atoms with Crippen molar-refractivity contribution in [2.75, 3.05) is 13.2 Å². The summed E-state index contributed by atoms with van der Waals surface area (Å²) in [6, 6.07) is 3.12. The van der Waals surface area contributed by atoms with Gasteiger partial charge in [0.05, 0.1) is 0 Å². The van der Waals surface area contributed by atoms with Crippen LogP contribution in [0.5, 0.6) is 5.75 Å². The highest BCUT2D eigenvalue weighted by Crippen LogP contribution is 2.17. The minimum Gasteiger partial charge on any atom is -0.486 e. The van der Waals surface area contributed by atoms with Crippen LogP contribution in [0.1, 0.15) is 0 Å². The lowest BCUT2D eigenvalue weighted by Crippen LogP contribution is -2.10. The summed E-state index contributed by atoms with van der Waals surface area (Å²) in [4.78, 5) is 0. The summed E-state index contributed by atoms with van der Waals surface area (Å²) in [5.41, 5.74) is 5.91. The van der Waals surface area contributed by atoms with Crippen molar-refractivity contribution in [3.05, 3.63) is 42.0 Å². The van der Waals surface area contributed by atoms with Crippen molar-refractivity contribution in [1.82, 2.24) is 0 Å². The zero-order valence-corrected chi connectivity index (χ0v) is 7.59. The van der Waals surface area contributed by atoms with Gasteiger partial charge in [-0.25, -0.2) is 8.78 Å². The van der Waals surface area contributed by atoms with Crippen molar-refractivity contribution in [1.29, 1.82) is 0 Å². The van der Waals surface area contributed by atoms with Crippen molar-refractivity contribution in [2.24, 2.45) is 5.73 Å². The third kappa shape index (κ3) is 2.81. The molecule has 0 saturated carbocycles. The SMILES string of the molecule is C=C(CN)COc1ccc(F)cc1F. The van der Waals surface area contributed by atoms with Crippen molar-refractivity contribution < 1.29 is 13.5 Å². The molecule has 0 saturated heterocycles. The molecule has 0 aliphatic carbocycles. The molecule has 0 aliphatic rings. The summed E-state index contributed by atoms with van der Waals surface area (Å²) < 4.78 is 30.5. The molecule has 2 N–H and O–H groups in total. The molecule has 0 radical (unpaired) electrons. The van der Waals surface area contributed by atoms with Crippen LogP contribution in [0.4, 0.5) is 8.78 Å². The maximum Gasteiger partial charge on any atom is 0.167 e. The molecule has 76 valence electrons. The number of benzene rings is 1. The van der Waals surface area contributed by atoms with Crippen LogP contribution < -0.4 is 10.5 Å². The fourth-order valence-corrected chi connectivity index (χ4v) is 0.831. The third-order valence-electron chi connectivity index (χ3n) is 1.61. The molecule has 1 rings (SSSR count). The van der Waals surface area contributed by atoms with Crippen LogP contribution >= 0.6 is 0 Å². The molecule has 1 aromatic carbocycles. The van der Waals surface area contributed by atoms with Gasteiger partial charge in [-0.3, -0.25) is 0 Å². The van der Waals surface area contributed by atoms with E-state index >= 15 is 0 Å². The Kier molecular flexibility index (Phi) is 3.59. The molecule has 0 unspecified atom stereocenters. The molecule has 0 bridgehead atoms. The van der Waals surface area contributed by atoms with E-state index in [1.54, 1.807) is 0 Å². The quantitative estimate of drug-likeness (QED) is 0.751. The minimum absolute atomic E-state index is 0.000926. The van der Waals surface area contributed by atoms with E-state index in [4.69, 9.17) is 10.5 Å². The van der Waals surface area contributed by atoms with E-state index < -0.39 is 11.6 Å². The van der Waals surface area contributed by atoms with Crippen molar-refractivity contribution in [2.45, 2.75) is 0 Å². The van der Waals surface area contributed by atoms with Crippen LogP contribution in [0.15, 0.2) is 30.4 Å². The molecule has 0 aromatic heterocycles. The maximum atomic E-state index is 13.0. The standard InChI is InChI=1S/C10H11F2NO/c1-7(5-13)6-14-10-3-2-8(11)4-9(10)12/h2-4H,1,5-6,13H2. The topological polar surface area (TPSA) is 35.2 Å². The first-order valence-electron chi connectivity index (χ1n) is 4.08. The molecule has 0 heterocycles. The Bertz CT molecular complexity index is 339. The molecule has 0 aliphatic heterocycles. The zero-order chi connectivity index (χ0) is 10.6. The number of hydrogen-bond donors (Lipinski definition) is 1. The molecule has 4 heteroatoms. The van der Waals surface area contributed by atoms with Crippen molar-refractivity contribution in [3.8, 4) is 5.75 Å². The van der Waals surface area contributed by atoms with Gasteiger partial charge in [-0.05, 0) is 17.7 Å². The van der Waals surface area contributed by atoms with Gasteiger partial charge in [0, 0.05) is 12.6 Å². The Labute approximate surface area is 81.0 Å². The fourth-order valence-electron chi connectivity index (χ4n) is 0.831. The summed E-state index contributed by atoms with van der Waals surface area (Å²) in [7, 11) is 0. The van der Waals surface area contributed by atoms with E-state index in [-0.39, 0.29) is 18.9 Å². The van der Waals surface area contributed by atoms with Gasteiger partial charge in [-0.15, -0.1) is 0 Å². The number of hydrogen-bond acceptors (Lipinski definition) is 2. The summed E-state index contributed by atoms with van der Waals surface area (Å²) in [6.07, 6.45) is 0. The van der Waals surface area contributed by atoms with Crippen LogP contribution in [0.25, 0.3) is 0 Å². The lowest BCUT2D eigenvalue weighted by Gasteiger charge is -2.07. The molecule has 0 atom stereocenters. The summed E-state index contributed by atoms with van der Waals surface area (Å²) in [5.74, 6) is -1.36. The lowest BCUT2D eigenvalue weighted by atomic mass is 10.3. The molecule has 0 spiro atoms. The molecule has 0 amide bonds. The molecule has 1 aromatic rings. The Morgan fingerprint density at radius 3 is 2.71 bits per heavy atom. The van der Waals surface area contributed by atoms with E-state index in [0.717, 1.165) is 12.1 Å². The first-order chi connectivity index (χ1) is 6.63. The first kappa shape index (κ1) is 10.7. The highest BCUT2D eigenvalue weighted by Gasteiger charge is 2.04. The zero-order valence-electron chi connectivity index (χ0n) is 7.59. The second kappa shape index (κ2) is 4.72. The largest absolute Gasteiger partial charge is 0.486 e. The number of halogens is 2. The Balaban J connectivity index is 2.63. The van der Waals surface area contributed by atoms with Gasteiger partial charge in [0.2, 0.25) is 0 Å². The average molecular weight is 199 g/mol. The van der Waals surface area contributed by atoms with Gasteiger partial charge >= 0.3 is 0 Å². The Hall–Kier alpha value is -1.42. The lowest BCUT2D eigenvalue weighted by molar-refractivity contribution is 0.330. The highest BCUT2D eigenvalue weighted by molar-refractivity contribution is 5.25. The van der Waals surface area contributed by atoms with E-state index in [2.05, 4.69) is 6.58 Å². The van der Waals surface area contributed by atoms with Gasteiger partial charge in [0.1, 0.15) is 12.4 Å². The number of nitrogens with two attached hydrogens (primary N) is 1. The maximum absolute atomic E-state index is 13.0. The van der Waals surface area contributed by atoms with Gasteiger partial charge in [-0.2, -0.15) is 0 Å². The van der Waals surface area contributed by atoms with Gasteiger partial charge in [0.15, 0.2) is 11.6 Å². The number of ether oxygens (including phenoxy) is 1. The molecule has 0 fully saturated rings. The van der Waals surface area contributed by atoms with Crippen LogP contribution in [0.3, 0.4) is 0 Å². The Morgan fingerprint density at radius 1 is 1.43 bits per heavy atom. The van der Waals surface area contributed by atoms with E-state index in [1.807, 2.05) is 0 Å². The van der Waals surface area contributed by atoms with E-state index in [9.17, 15) is 8.78 Å². The van der Waals surface area contributed by atoms with Gasteiger partial charge in [-0.1, -0.05) is 6.58 Å². The number of rotatable bonds is 4. The normalized spacial score (nSPS) is 9.93. The summed E-state index contributed by atoms with van der Waals surface area (Å²) >= 11 is 0. The second-order valence-electron chi connectivity index (χ2n) is 2.82. The molecular formula is C10H11F2NO. The smallest absolute Gasteiger partial charge is 0.167 e. The van der Waals surface area contributed by atoms with Gasteiger partial charge < -0.3 is 10.5 Å². The fraction of sp³-hybridized carbons (Fsp3) is 0.200. The van der Waals surface area contributed by atoms with Crippen molar-refractivity contribution in [3.63, 3.8) is 0 Å². The van der Waals surface area contributed by atoms with E-state index in [1.165, 1.54) is 6.07 Å². The highest BCUT2D eigenvalue weighted by atomic mass is 19.1. The second-order valence-corrected chi connectivity index (χ2v) is 2.82. The van der Waals surface area contributed by atoms with Gasteiger partial charge in [0.25, 0.3) is 0 Å². The summed E-state index contributed by atoms with van der Waals surface area (Å²) in [6.45, 7) is 4.01. The Morgan fingerprint density at radius 2 is 2.14 bits per heavy atom. The third-order valence-corrected chi connectivity index (χ3v) is 1.61. The predicted molar refractivity (Wildman–Crippen MR) is 50.0 cm³/mol. The van der Waals surface area contributed by atoms with Crippen molar-refractivity contribution >= 4 is 0 Å². The van der Waals surface area contributed by atoms with Crippen LogP contribution in [0.2, 0.25) is 0 Å². The summed E-state index contributed by atoms with van der Waals surface area (Å²) in [5, 5.41) is 0. The molecule has 2 nitrogen and oxygen atoms in total. The monoisotopic (exact) mass is 199 g/mol. The molecular weight excluding hydrogens is 188 g/mol. The molecule has 14 heavy (non-hydrogen) atoms. The van der Waals surface area contributed by atoms with E-state index in [0.29, 0.717) is 5.57 Å². The average Bonchev–Trinajstić information content (AvgIpc) is 2.16.